The zero-order valence-corrected chi connectivity index (χ0v) is 45.0. The van der Waals surface area contributed by atoms with Gasteiger partial charge in [0, 0.05) is 154 Å². The van der Waals surface area contributed by atoms with Crippen molar-refractivity contribution in [1.82, 2.24) is 69.1 Å². The van der Waals surface area contributed by atoms with E-state index >= 15 is 0 Å². The number of carbonyl (C=O) groups excluding carboxylic acids is 2. The molecule has 0 spiro atoms. The third kappa shape index (κ3) is 14.4. The lowest BCUT2D eigenvalue weighted by molar-refractivity contribution is -0.115. The van der Waals surface area contributed by atoms with Gasteiger partial charge >= 0.3 is 0 Å². The molecule has 8 aromatic rings. The summed E-state index contributed by atoms with van der Waals surface area (Å²) in [6, 6.07) is 23.4. The van der Waals surface area contributed by atoms with Crippen molar-refractivity contribution in [3.8, 4) is 0 Å². The predicted molar refractivity (Wildman–Crippen MR) is 296 cm³/mol. The third-order valence-electron chi connectivity index (χ3n) is 12.9. The third-order valence-corrected chi connectivity index (χ3v) is 15.0. The Kier molecular flexibility index (Phi) is 16.6. The molecule has 2 amide bonds. The van der Waals surface area contributed by atoms with Crippen LogP contribution >= 0.6 is 35.1 Å². The number of hydrogen-bond donors (Lipinski definition) is 7. The number of amides is 2. The molecule has 392 valence electrons. The highest BCUT2D eigenvalue weighted by molar-refractivity contribution is 7.99. The van der Waals surface area contributed by atoms with Crippen LogP contribution in [0.2, 0.25) is 0 Å². The van der Waals surface area contributed by atoms with Crippen molar-refractivity contribution in [3.05, 3.63) is 108 Å². The number of fused-ring (bicyclic) bond motifs is 2. The minimum atomic E-state index is -0.0964. The van der Waals surface area contributed by atoms with Crippen LogP contribution in [0.25, 0.3) is 11.3 Å². The van der Waals surface area contributed by atoms with Gasteiger partial charge in [-0.3, -0.25) is 33.5 Å². The first-order valence-electron chi connectivity index (χ1n) is 25.3. The van der Waals surface area contributed by atoms with E-state index in [4.69, 9.17) is 26.6 Å². The minimum absolute atomic E-state index is 0.0851. The van der Waals surface area contributed by atoms with Gasteiger partial charge in [0.25, 0.3) is 0 Å². The van der Waals surface area contributed by atoms with Crippen molar-refractivity contribution in [1.29, 1.82) is 0 Å². The van der Waals surface area contributed by atoms with E-state index in [2.05, 4.69) is 93.0 Å². The van der Waals surface area contributed by atoms with Crippen molar-refractivity contribution in [3.63, 3.8) is 0 Å². The number of anilines is 6. The molecule has 8 heterocycles. The fourth-order valence-corrected chi connectivity index (χ4v) is 10.3. The largest absolute Gasteiger partial charge is 0.326 e. The highest BCUT2D eigenvalue weighted by Gasteiger charge is 2.27. The lowest BCUT2D eigenvalue weighted by Gasteiger charge is -2.31. The monoisotopic (exact) mass is 1070 g/mol. The Morgan fingerprint density at radius 1 is 0.613 bits per heavy atom. The van der Waals surface area contributed by atoms with Crippen molar-refractivity contribution in [2.45, 2.75) is 83.6 Å². The molecule has 2 aliphatic carbocycles. The molecule has 2 saturated carbocycles. The first-order valence-corrected chi connectivity index (χ1v) is 27.5. The van der Waals surface area contributed by atoms with Crippen LogP contribution in [0.5, 0.6) is 0 Å². The van der Waals surface area contributed by atoms with Gasteiger partial charge in [0.2, 0.25) is 23.7 Å². The summed E-state index contributed by atoms with van der Waals surface area (Å²) in [5, 5.41) is 32.3. The maximum Gasteiger partial charge on any atom is 0.221 e. The van der Waals surface area contributed by atoms with Crippen molar-refractivity contribution >= 4 is 93.1 Å². The lowest BCUT2D eigenvalue weighted by Crippen LogP contribution is -2.43. The number of piperazine rings is 2. The van der Waals surface area contributed by atoms with Crippen molar-refractivity contribution < 1.29 is 9.59 Å². The molecular weight excluding hydrogens is 1010 g/mol. The number of nitrogens with zero attached hydrogens (tertiary/aromatic N) is 11. The number of aromatic nitrogens is 10. The number of nitrogens with one attached hydrogen (secondary N) is 7. The number of H-pyrrole nitrogens is 2. The molecule has 20 nitrogen and oxygen atoms in total. The molecule has 0 unspecified atom stereocenters. The Morgan fingerprint density at radius 2 is 1.07 bits per heavy atom. The summed E-state index contributed by atoms with van der Waals surface area (Å²) >= 11 is 9.08. The van der Waals surface area contributed by atoms with E-state index in [1.165, 1.54) is 70.1 Å². The van der Waals surface area contributed by atoms with Crippen LogP contribution in [0.3, 0.4) is 0 Å². The smallest absolute Gasteiger partial charge is 0.221 e. The number of aromatic amines is 2. The van der Waals surface area contributed by atoms with Gasteiger partial charge in [0.05, 0.1) is 17.3 Å². The van der Waals surface area contributed by atoms with E-state index in [1.54, 1.807) is 11.8 Å². The highest BCUT2D eigenvalue weighted by Crippen LogP contribution is 2.41. The average Bonchev–Trinajstić information content (AvgIpc) is 4.23. The number of rotatable bonds is 15. The summed E-state index contributed by atoms with van der Waals surface area (Å²) in [6.07, 6.45) is 8.80. The average molecular weight is 1070 g/mol. The van der Waals surface area contributed by atoms with Gasteiger partial charge in [-0.05, 0) is 88.3 Å². The number of carbonyl (C=O) groups is 2. The van der Waals surface area contributed by atoms with Crippen LogP contribution in [-0.4, -0.2) is 142 Å². The molecule has 2 saturated heterocycles. The number of hydrogen-bond acceptors (Lipinski definition) is 16. The molecule has 6 aromatic heterocycles. The standard InChI is InChI=1S/C26H31N9OS.C21H20ClN7OS.C5H12N2/c1-17(36)27-19-5-7-21(8-6-19)37-25-14-24-28-20(15-34-11-9-33(2)10-12-34)16-35(24)26(30-25)29-23-13-22(31-32-23)18-3-4-18;1-12(30)23-14-4-6-16(7-5-14)31-20-9-19-24-15(10-22)11-29(19)21(26-20)25-18-8-17(27-28-18)13-2-3-13;1-7-4-2-6-3-5-7/h5-8,13-14,16,18H,3-4,9-12,15H2,1-2H3,(H,27,36)(H2,29,30,31,32);4-9,11,13H,2-3,10H2,1H3,(H,23,30)(H2,25,26,27,28);6H,2-5H2,1H3. The van der Waals surface area contributed by atoms with E-state index in [9.17, 15) is 9.59 Å². The Hall–Kier alpha value is -6.53. The fourth-order valence-electron chi connectivity index (χ4n) is 8.57. The molecule has 0 atom stereocenters. The van der Waals surface area contributed by atoms with E-state index in [0.717, 1.165) is 117 Å². The SMILES string of the molecule is CC(=O)Nc1ccc(Sc2cc3nc(CCl)cn3c(Nc3cc(C4CC4)[nH]n3)n2)cc1.CC(=O)Nc1ccc(Sc2cc3nc(CN4CCN(C)CC4)cn3c(Nc3cc(C4CC4)[nH]n3)n2)cc1.CN1CCNCC1. The molecule has 7 N–H and O–H groups in total. The number of likely N-dealkylation sites (N-methyl/N-ethyl adjacent to an activating group) is 2. The molecule has 2 aromatic carbocycles. The number of benzene rings is 2. The van der Waals surface area contributed by atoms with Crippen molar-refractivity contribution in [2.75, 3.05) is 87.7 Å². The zero-order chi connectivity index (χ0) is 51.8. The van der Waals surface area contributed by atoms with Gasteiger partial charge in [0.1, 0.15) is 21.3 Å². The summed E-state index contributed by atoms with van der Waals surface area (Å²) in [5.41, 5.74) is 7.24. The van der Waals surface area contributed by atoms with Crippen LogP contribution in [0, 0.1) is 0 Å². The Bertz CT molecular complexity index is 3210. The van der Waals surface area contributed by atoms with E-state index < -0.39 is 0 Å². The van der Waals surface area contributed by atoms with Crippen LogP contribution < -0.4 is 26.6 Å². The zero-order valence-electron chi connectivity index (χ0n) is 42.6. The summed E-state index contributed by atoms with van der Waals surface area (Å²) < 4.78 is 3.90. The maximum absolute atomic E-state index is 11.3. The molecule has 2 aliphatic heterocycles. The molecule has 23 heteroatoms. The molecule has 4 aliphatic rings. The van der Waals surface area contributed by atoms with E-state index in [-0.39, 0.29) is 11.8 Å². The second-order valence-corrected chi connectivity index (χ2v) is 21.8. The summed E-state index contributed by atoms with van der Waals surface area (Å²) in [4.78, 5) is 51.0. The van der Waals surface area contributed by atoms with Gasteiger partial charge in [-0.2, -0.15) is 10.2 Å². The van der Waals surface area contributed by atoms with Crippen LogP contribution in [0.15, 0.2) is 105 Å². The van der Waals surface area contributed by atoms with Gasteiger partial charge in [-0.25, -0.2) is 19.9 Å². The van der Waals surface area contributed by atoms with Crippen LogP contribution in [-0.2, 0) is 22.0 Å². The highest BCUT2D eigenvalue weighted by atomic mass is 35.5. The molecule has 0 bridgehead atoms. The van der Waals surface area contributed by atoms with Gasteiger partial charge in [-0.1, -0.05) is 23.5 Å². The second kappa shape index (κ2) is 24.0. The summed E-state index contributed by atoms with van der Waals surface area (Å²) in [5.74, 6) is 4.11. The fraction of sp³-hybridized carbons (Fsp3) is 0.385. The number of halogens is 1. The molecule has 75 heavy (non-hydrogen) atoms. The Balaban J connectivity index is 0.000000153. The lowest BCUT2D eigenvalue weighted by atomic mass is 10.3. The van der Waals surface area contributed by atoms with Crippen LogP contribution in [0.1, 0.15) is 74.1 Å². The topological polar surface area (TPSA) is 222 Å². The van der Waals surface area contributed by atoms with Gasteiger partial charge in [-0.15, -0.1) is 11.6 Å². The van der Waals surface area contributed by atoms with Gasteiger partial charge in [0.15, 0.2) is 11.6 Å². The Morgan fingerprint density at radius 3 is 1.49 bits per heavy atom. The Labute approximate surface area is 449 Å². The number of imidazole rings is 2. The quantitative estimate of drug-likeness (QED) is 0.0379. The normalized spacial score (nSPS) is 16.2. The second-order valence-electron chi connectivity index (χ2n) is 19.4. The summed E-state index contributed by atoms with van der Waals surface area (Å²) in [7, 11) is 4.32. The van der Waals surface area contributed by atoms with E-state index in [1.807, 2.05) is 81.7 Å². The molecular formula is C52H63ClN18O2S2. The first-order chi connectivity index (χ1) is 36.4. The minimum Gasteiger partial charge on any atom is -0.326 e. The number of alkyl halides is 1. The summed E-state index contributed by atoms with van der Waals surface area (Å²) in [6.45, 7) is 12.8. The molecule has 0 radical (unpaired) electrons. The van der Waals surface area contributed by atoms with Gasteiger partial charge < -0.3 is 36.4 Å². The van der Waals surface area contributed by atoms with Crippen LogP contribution in [0.4, 0.5) is 34.9 Å². The predicted octanol–water partition coefficient (Wildman–Crippen LogP) is 8.37. The molecule has 12 rings (SSSR count). The molecule has 4 fully saturated rings. The van der Waals surface area contributed by atoms with E-state index in [0.29, 0.717) is 29.6 Å². The maximum atomic E-state index is 11.3. The van der Waals surface area contributed by atoms with Crippen molar-refractivity contribution in [2.24, 2.45) is 0 Å². The first kappa shape index (κ1) is 51.9.